The van der Waals surface area contributed by atoms with E-state index in [9.17, 15) is 4.39 Å². The molecule has 0 radical (unpaired) electrons. The second-order valence-corrected chi connectivity index (χ2v) is 6.00. The SMILES string of the molecule is Fc1ccc(-c2cnc(SCCN3CCOCC3)[nH]2)cc1. The maximum Gasteiger partial charge on any atom is 0.165 e. The van der Waals surface area contributed by atoms with Gasteiger partial charge in [-0.1, -0.05) is 11.8 Å². The Bertz CT molecular complexity index is 567. The van der Waals surface area contributed by atoms with Gasteiger partial charge in [0.15, 0.2) is 5.16 Å². The first kappa shape index (κ1) is 14.6. The Hall–Kier alpha value is -1.37. The number of ether oxygens (including phenoxy) is 1. The number of hydrogen-bond acceptors (Lipinski definition) is 4. The third kappa shape index (κ3) is 4.06. The summed E-state index contributed by atoms with van der Waals surface area (Å²) in [6, 6.07) is 6.43. The molecule has 1 aliphatic heterocycles. The van der Waals surface area contributed by atoms with Gasteiger partial charge in [0.2, 0.25) is 0 Å². The van der Waals surface area contributed by atoms with Gasteiger partial charge in [-0.15, -0.1) is 0 Å². The molecule has 0 unspecified atom stereocenters. The summed E-state index contributed by atoms with van der Waals surface area (Å²) >= 11 is 1.71. The van der Waals surface area contributed by atoms with E-state index in [1.807, 2.05) is 0 Å². The summed E-state index contributed by atoms with van der Waals surface area (Å²) in [5, 5.41) is 0.905. The van der Waals surface area contributed by atoms with Crippen LogP contribution in [-0.4, -0.2) is 53.5 Å². The highest BCUT2D eigenvalue weighted by Gasteiger charge is 2.10. The molecule has 112 valence electrons. The molecule has 0 atom stereocenters. The van der Waals surface area contributed by atoms with E-state index in [-0.39, 0.29) is 5.82 Å². The van der Waals surface area contributed by atoms with Crippen molar-refractivity contribution in [2.75, 3.05) is 38.6 Å². The molecule has 3 rings (SSSR count). The number of halogens is 1. The number of H-pyrrole nitrogens is 1. The van der Waals surface area contributed by atoms with Gasteiger partial charge in [0.25, 0.3) is 0 Å². The van der Waals surface area contributed by atoms with Crippen molar-refractivity contribution in [1.82, 2.24) is 14.9 Å². The minimum absolute atomic E-state index is 0.224. The van der Waals surface area contributed by atoms with E-state index in [0.717, 1.165) is 55.0 Å². The minimum Gasteiger partial charge on any atom is -0.379 e. The number of rotatable bonds is 5. The van der Waals surface area contributed by atoms with E-state index in [4.69, 9.17) is 4.74 Å². The lowest BCUT2D eigenvalue weighted by Crippen LogP contribution is -2.37. The molecule has 1 N–H and O–H groups in total. The fraction of sp³-hybridized carbons (Fsp3) is 0.400. The number of morpholine rings is 1. The lowest BCUT2D eigenvalue weighted by molar-refractivity contribution is 0.0410. The molecular weight excluding hydrogens is 289 g/mol. The molecule has 0 saturated carbocycles. The Morgan fingerprint density at radius 2 is 2.00 bits per heavy atom. The van der Waals surface area contributed by atoms with Crippen LogP contribution >= 0.6 is 11.8 Å². The third-order valence-corrected chi connectivity index (χ3v) is 4.33. The van der Waals surface area contributed by atoms with Gasteiger partial charge in [0.05, 0.1) is 25.1 Å². The van der Waals surface area contributed by atoms with E-state index >= 15 is 0 Å². The second kappa shape index (κ2) is 7.06. The first-order chi connectivity index (χ1) is 10.3. The van der Waals surface area contributed by atoms with Crippen LogP contribution in [0.2, 0.25) is 0 Å². The summed E-state index contributed by atoms with van der Waals surface area (Å²) in [6.07, 6.45) is 1.80. The third-order valence-electron chi connectivity index (χ3n) is 3.46. The molecule has 2 heterocycles. The zero-order valence-corrected chi connectivity index (χ0v) is 12.5. The summed E-state index contributed by atoms with van der Waals surface area (Å²) in [7, 11) is 0. The van der Waals surface area contributed by atoms with E-state index in [0.29, 0.717) is 0 Å². The van der Waals surface area contributed by atoms with Crippen LogP contribution in [0.25, 0.3) is 11.3 Å². The minimum atomic E-state index is -0.224. The molecule has 0 bridgehead atoms. The molecule has 2 aromatic rings. The fourth-order valence-electron chi connectivity index (χ4n) is 2.25. The average molecular weight is 307 g/mol. The van der Waals surface area contributed by atoms with Crippen molar-refractivity contribution in [3.05, 3.63) is 36.3 Å². The van der Waals surface area contributed by atoms with E-state index in [1.54, 1.807) is 30.1 Å². The summed E-state index contributed by atoms with van der Waals surface area (Å²) in [5.41, 5.74) is 1.87. The Labute approximate surface area is 127 Å². The monoisotopic (exact) mass is 307 g/mol. The molecule has 0 spiro atoms. The van der Waals surface area contributed by atoms with Gasteiger partial charge in [0.1, 0.15) is 5.82 Å². The standard InChI is InChI=1S/C15H18FN3OS/c16-13-3-1-12(2-4-13)14-11-17-15(18-14)21-10-7-19-5-8-20-9-6-19/h1-4,11H,5-10H2,(H,17,18). The molecule has 1 fully saturated rings. The largest absolute Gasteiger partial charge is 0.379 e. The lowest BCUT2D eigenvalue weighted by Gasteiger charge is -2.26. The van der Waals surface area contributed by atoms with Gasteiger partial charge in [0, 0.05) is 25.4 Å². The first-order valence-electron chi connectivity index (χ1n) is 7.05. The van der Waals surface area contributed by atoms with Crippen molar-refractivity contribution in [2.45, 2.75) is 5.16 Å². The molecule has 1 aromatic heterocycles. The molecule has 4 nitrogen and oxygen atoms in total. The second-order valence-electron chi connectivity index (χ2n) is 4.91. The first-order valence-corrected chi connectivity index (χ1v) is 8.04. The predicted octanol–water partition coefficient (Wildman–Crippen LogP) is 2.64. The Kier molecular flexibility index (Phi) is 4.90. The normalized spacial score (nSPS) is 16.2. The van der Waals surface area contributed by atoms with Crippen LogP contribution in [0.15, 0.2) is 35.6 Å². The maximum atomic E-state index is 12.9. The maximum absolute atomic E-state index is 12.9. The molecule has 0 aliphatic carbocycles. The van der Waals surface area contributed by atoms with Crippen LogP contribution < -0.4 is 0 Å². The quantitative estimate of drug-likeness (QED) is 0.862. The van der Waals surface area contributed by atoms with Crippen molar-refractivity contribution in [2.24, 2.45) is 0 Å². The van der Waals surface area contributed by atoms with Crippen LogP contribution in [0.1, 0.15) is 0 Å². The van der Waals surface area contributed by atoms with Crippen LogP contribution in [0.5, 0.6) is 0 Å². The highest BCUT2D eigenvalue weighted by atomic mass is 32.2. The van der Waals surface area contributed by atoms with E-state index in [1.165, 1.54) is 12.1 Å². The summed E-state index contributed by atoms with van der Waals surface area (Å²) in [4.78, 5) is 10.0. The summed E-state index contributed by atoms with van der Waals surface area (Å²) in [5.74, 6) is 0.773. The van der Waals surface area contributed by atoms with Gasteiger partial charge in [-0.05, 0) is 29.8 Å². The molecular formula is C15H18FN3OS. The topological polar surface area (TPSA) is 41.2 Å². The van der Waals surface area contributed by atoms with Gasteiger partial charge in [-0.2, -0.15) is 0 Å². The smallest absolute Gasteiger partial charge is 0.165 e. The zero-order chi connectivity index (χ0) is 14.5. The fourth-order valence-corrected chi connectivity index (χ4v) is 3.10. The van der Waals surface area contributed by atoms with Crippen LogP contribution in [0.4, 0.5) is 4.39 Å². The van der Waals surface area contributed by atoms with Crippen molar-refractivity contribution >= 4 is 11.8 Å². The number of benzene rings is 1. The number of nitrogens with one attached hydrogen (secondary N) is 1. The van der Waals surface area contributed by atoms with E-state index < -0.39 is 0 Å². The number of aromatic nitrogens is 2. The number of imidazole rings is 1. The number of nitrogens with zero attached hydrogens (tertiary/aromatic N) is 2. The van der Waals surface area contributed by atoms with Crippen LogP contribution in [0.3, 0.4) is 0 Å². The average Bonchev–Trinajstić information content (AvgIpc) is 2.98. The van der Waals surface area contributed by atoms with Gasteiger partial charge < -0.3 is 9.72 Å². The van der Waals surface area contributed by atoms with Gasteiger partial charge in [-0.25, -0.2) is 9.37 Å². The van der Waals surface area contributed by atoms with Crippen molar-refractivity contribution in [1.29, 1.82) is 0 Å². The summed E-state index contributed by atoms with van der Waals surface area (Å²) < 4.78 is 18.2. The van der Waals surface area contributed by atoms with Crippen molar-refractivity contribution in [3.8, 4) is 11.3 Å². The number of hydrogen-bond donors (Lipinski definition) is 1. The molecule has 1 saturated heterocycles. The molecule has 0 amide bonds. The van der Waals surface area contributed by atoms with Crippen molar-refractivity contribution < 1.29 is 9.13 Å². The highest BCUT2D eigenvalue weighted by Crippen LogP contribution is 2.21. The zero-order valence-electron chi connectivity index (χ0n) is 11.7. The van der Waals surface area contributed by atoms with Crippen LogP contribution in [-0.2, 0) is 4.74 Å². The molecule has 21 heavy (non-hydrogen) atoms. The predicted molar refractivity (Wildman–Crippen MR) is 82.0 cm³/mol. The Morgan fingerprint density at radius 1 is 1.24 bits per heavy atom. The van der Waals surface area contributed by atoms with Crippen molar-refractivity contribution in [3.63, 3.8) is 0 Å². The Balaban J connectivity index is 1.51. The van der Waals surface area contributed by atoms with Crippen LogP contribution in [0, 0.1) is 5.82 Å². The molecule has 1 aliphatic rings. The summed E-state index contributed by atoms with van der Waals surface area (Å²) in [6.45, 7) is 4.74. The molecule has 6 heteroatoms. The van der Waals surface area contributed by atoms with Gasteiger partial charge in [-0.3, -0.25) is 4.90 Å². The van der Waals surface area contributed by atoms with Gasteiger partial charge >= 0.3 is 0 Å². The number of thioether (sulfide) groups is 1. The highest BCUT2D eigenvalue weighted by molar-refractivity contribution is 7.99. The van der Waals surface area contributed by atoms with E-state index in [2.05, 4.69) is 14.9 Å². The lowest BCUT2D eigenvalue weighted by atomic mass is 10.2. The Morgan fingerprint density at radius 3 is 2.76 bits per heavy atom. The number of aromatic amines is 1. The molecule has 1 aromatic carbocycles.